The molecule has 1 aromatic carbocycles. The molecule has 2 nitrogen and oxygen atoms in total. The second-order valence-electron chi connectivity index (χ2n) is 2.14. The molecule has 0 N–H and O–H groups in total. The lowest BCUT2D eigenvalue weighted by Crippen LogP contribution is -1.85. The van der Waals surface area contributed by atoms with Crippen molar-refractivity contribution >= 4 is 22.3 Å². The standard InChI is InChI=1S/C7H7ClO2S/c1-5-6(8)3-2-4-7(5)11(9)10/h2-4,11H,1H3. The predicted octanol–water partition coefficient (Wildman–Crippen LogP) is 1.62. The molecular weight excluding hydrogens is 184 g/mol. The molecule has 0 unspecified atom stereocenters. The Labute approximate surface area is 71.8 Å². The highest BCUT2D eigenvalue weighted by Gasteiger charge is 2.02. The lowest BCUT2D eigenvalue weighted by atomic mass is 10.2. The summed E-state index contributed by atoms with van der Waals surface area (Å²) in [5.41, 5.74) is 0.616. The number of hydrogen-bond acceptors (Lipinski definition) is 2. The van der Waals surface area contributed by atoms with Gasteiger partial charge in [-0.1, -0.05) is 17.7 Å². The second kappa shape index (κ2) is 3.24. The molecule has 0 aliphatic carbocycles. The summed E-state index contributed by atoms with van der Waals surface area (Å²) in [6.07, 6.45) is 0. The van der Waals surface area contributed by atoms with Gasteiger partial charge >= 0.3 is 0 Å². The fourth-order valence-electron chi connectivity index (χ4n) is 0.794. The monoisotopic (exact) mass is 190 g/mol. The van der Waals surface area contributed by atoms with E-state index in [0.717, 1.165) is 0 Å². The molecule has 0 saturated heterocycles. The maximum atomic E-state index is 10.6. The summed E-state index contributed by atoms with van der Waals surface area (Å²) in [5.74, 6) is 0. The summed E-state index contributed by atoms with van der Waals surface area (Å²) in [4.78, 5) is 0.299. The Morgan fingerprint density at radius 3 is 2.45 bits per heavy atom. The van der Waals surface area contributed by atoms with Crippen molar-refractivity contribution in [2.75, 3.05) is 0 Å². The molecule has 0 amide bonds. The van der Waals surface area contributed by atoms with Gasteiger partial charge in [0.05, 0.1) is 4.90 Å². The van der Waals surface area contributed by atoms with Crippen LogP contribution in [0.1, 0.15) is 5.56 Å². The van der Waals surface area contributed by atoms with Crippen molar-refractivity contribution in [2.45, 2.75) is 11.8 Å². The summed E-state index contributed by atoms with van der Waals surface area (Å²) in [6.45, 7) is 1.68. The predicted molar refractivity (Wildman–Crippen MR) is 44.8 cm³/mol. The van der Waals surface area contributed by atoms with E-state index in [4.69, 9.17) is 11.6 Å². The van der Waals surface area contributed by atoms with E-state index in [1.807, 2.05) is 0 Å². The van der Waals surface area contributed by atoms with Gasteiger partial charge in [-0.25, -0.2) is 8.42 Å². The third-order valence-corrected chi connectivity index (χ3v) is 2.72. The number of hydrogen-bond donors (Lipinski definition) is 1. The first-order chi connectivity index (χ1) is 5.13. The normalized spacial score (nSPS) is 10.5. The van der Waals surface area contributed by atoms with Crippen LogP contribution in [0.2, 0.25) is 5.02 Å². The van der Waals surface area contributed by atoms with Crippen LogP contribution < -0.4 is 0 Å². The topological polar surface area (TPSA) is 34.1 Å². The van der Waals surface area contributed by atoms with Gasteiger partial charge in [0, 0.05) is 5.02 Å². The van der Waals surface area contributed by atoms with Gasteiger partial charge in [0.25, 0.3) is 0 Å². The van der Waals surface area contributed by atoms with E-state index in [9.17, 15) is 8.42 Å². The molecule has 0 aromatic heterocycles. The van der Waals surface area contributed by atoms with Gasteiger partial charge in [0.1, 0.15) is 0 Å². The van der Waals surface area contributed by atoms with Crippen LogP contribution in [-0.2, 0) is 10.7 Å². The molecular formula is C7H7ClO2S. The van der Waals surface area contributed by atoms with E-state index >= 15 is 0 Å². The van der Waals surface area contributed by atoms with Crippen molar-refractivity contribution < 1.29 is 8.42 Å². The maximum absolute atomic E-state index is 10.6. The summed E-state index contributed by atoms with van der Waals surface area (Å²) < 4.78 is 21.1. The van der Waals surface area contributed by atoms with Crippen LogP contribution in [0, 0.1) is 6.92 Å². The molecule has 1 rings (SSSR count). The van der Waals surface area contributed by atoms with Gasteiger partial charge in [-0.3, -0.25) is 0 Å². The van der Waals surface area contributed by atoms with Crippen LogP contribution in [0.15, 0.2) is 23.1 Å². The molecule has 0 fully saturated rings. The molecule has 0 radical (unpaired) electrons. The van der Waals surface area contributed by atoms with Crippen LogP contribution in [0.3, 0.4) is 0 Å². The van der Waals surface area contributed by atoms with Crippen molar-refractivity contribution in [3.05, 3.63) is 28.8 Å². The Morgan fingerprint density at radius 2 is 2.00 bits per heavy atom. The van der Waals surface area contributed by atoms with Gasteiger partial charge in [-0.2, -0.15) is 0 Å². The molecule has 1 aromatic rings. The molecule has 0 aliphatic heterocycles. The lowest BCUT2D eigenvalue weighted by molar-refractivity contribution is 0.614. The first-order valence-corrected chi connectivity index (χ1v) is 4.58. The summed E-state index contributed by atoms with van der Waals surface area (Å²) in [7, 11) is -2.52. The van der Waals surface area contributed by atoms with Crippen LogP contribution in [0.4, 0.5) is 0 Å². The molecule has 4 heteroatoms. The first-order valence-electron chi connectivity index (χ1n) is 3.02. The summed E-state index contributed by atoms with van der Waals surface area (Å²) in [5, 5.41) is 0.488. The average Bonchev–Trinajstić information content (AvgIpc) is 1.94. The van der Waals surface area contributed by atoms with Crippen molar-refractivity contribution in [3.63, 3.8) is 0 Å². The number of rotatable bonds is 1. The molecule has 0 atom stereocenters. The van der Waals surface area contributed by atoms with Crippen LogP contribution in [0.5, 0.6) is 0 Å². The molecule has 0 bridgehead atoms. The van der Waals surface area contributed by atoms with E-state index in [1.54, 1.807) is 19.1 Å². The maximum Gasteiger partial charge on any atom is 0.168 e. The zero-order valence-electron chi connectivity index (χ0n) is 5.87. The Hall–Kier alpha value is -0.540. The second-order valence-corrected chi connectivity index (χ2v) is 3.54. The van der Waals surface area contributed by atoms with E-state index in [1.165, 1.54) is 6.07 Å². The van der Waals surface area contributed by atoms with Crippen molar-refractivity contribution in [3.8, 4) is 0 Å². The van der Waals surface area contributed by atoms with E-state index in [0.29, 0.717) is 15.5 Å². The third-order valence-electron chi connectivity index (χ3n) is 1.44. The number of thiol groups is 1. The van der Waals surface area contributed by atoms with Crippen LogP contribution in [0.25, 0.3) is 0 Å². The van der Waals surface area contributed by atoms with Crippen molar-refractivity contribution in [2.24, 2.45) is 0 Å². The smallest absolute Gasteiger partial charge is 0.168 e. The van der Waals surface area contributed by atoms with Crippen molar-refractivity contribution in [1.82, 2.24) is 0 Å². The highest BCUT2D eigenvalue weighted by Crippen LogP contribution is 2.19. The minimum absolute atomic E-state index is 0.299. The van der Waals surface area contributed by atoms with E-state index in [2.05, 4.69) is 0 Å². The van der Waals surface area contributed by atoms with Gasteiger partial charge < -0.3 is 0 Å². The Kier molecular flexibility index (Phi) is 2.52. The highest BCUT2D eigenvalue weighted by molar-refractivity contribution is 7.72. The fraction of sp³-hybridized carbons (Fsp3) is 0.143. The zero-order valence-corrected chi connectivity index (χ0v) is 7.52. The molecule has 0 heterocycles. The van der Waals surface area contributed by atoms with Gasteiger partial charge in [0.2, 0.25) is 0 Å². The summed E-state index contributed by atoms with van der Waals surface area (Å²) >= 11 is 5.69. The molecule has 0 spiro atoms. The van der Waals surface area contributed by atoms with E-state index < -0.39 is 10.7 Å². The minimum atomic E-state index is -2.52. The molecule has 0 aliphatic rings. The van der Waals surface area contributed by atoms with Crippen LogP contribution in [-0.4, -0.2) is 8.42 Å². The summed E-state index contributed by atoms with van der Waals surface area (Å²) in [6, 6.07) is 4.82. The van der Waals surface area contributed by atoms with Crippen molar-refractivity contribution in [1.29, 1.82) is 0 Å². The lowest BCUT2D eigenvalue weighted by Gasteiger charge is -1.98. The molecule has 60 valence electrons. The van der Waals surface area contributed by atoms with Gasteiger partial charge in [0.15, 0.2) is 10.7 Å². The van der Waals surface area contributed by atoms with Crippen LogP contribution >= 0.6 is 11.6 Å². The third kappa shape index (κ3) is 1.73. The Balaban J connectivity index is 3.39. The molecule has 11 heavy (non-hydrogen) atoms. The first kappa shape index (κ1) is 8.56. The fourth-order valence-corrected chi connectivity index (χ4v) is 1.64. The molecule has 0 saturated carbocycles. The number of halogens is 1. The average molecular weight is 191 g/mol. The highest BCUT2D eigenvalue weighted by atomic mass is 35.5. The Morgan fingerprint density at radius 1 is 1.36 bits per heavy atom. The SMILES string of the molecule is Cc1c(Cl)cccc1[SH](=O)=O. The largest absolute Gasteiger partial charge is 0.227 e. The Bertz CT molecular complexity index is 336. The van der Waals surface area contributed by atoms with E-state index in [-0.39, 0.29) is 0 Å². The zero-order chi connectivity index (χ0) is 8.43. The minimum Gasteiger partial charge on any atom is -0.227 e. The van der Waals surface area contributed by atoms with Gasteiger partial charge in [-0.05, 0) is 24.6 Å². The van der Waals surface area contributed by atoms with Gasteiger partial charge in [-0.15, -0.1) is 0 Å². The quantitative estimate of drug-likeness (QED) is 0.683. The number of benzene rings is 1.